The number of benzene rings is 1. The molecular weight excluding hydrogens is 267 g/mol. The second-order valence-electron chi connectivity index (χ2n) is 3.78. The summed E-state index contributed by atoms with van der Waals surface area (Å²) < 4.78 is 18.7. The van der Waals surface area contributed by atoms with E-state index in [9.17, 15) is 9.18 Å². The summed E-state index contributed by atoms with van der Waals surface area (Å²) in [5.74, 6) is -1.08. The topological polar surface area (TPSA) is 64.3 Å². The van der Waals surface area contributed by atoms with Crippen LogP contribution >= 0.6 is 11.3 Å². The standard InChI is InChI=1S/C13H13FN2O2S/c1-2-18-13(17)9-5-12(10(14)6-11(9)15)16-8-3-4-19-7-8/h3-7,16H,2,15H2,1H3. The van der Waals surface area contributed by atoms with Gasteiger partial charge in [-0.15, -0.1) is 0 Å². The van der Waals surface area contributed by atoms with E-state index in [2.05, 4.69) is 5.32 Å². The summed E-state index contributed by atoms with van der Waals surface area (Å²) in [6.45, 7) is 1.94. The number of esters is 1. The van der Waals surface area contributed by atoms with Crippen molar-refractivity contribution in [1.29, 1.82) is 0 Å². The summed E-state index contributed by atoms with van der Waals surface area (Å²) in [5, 5.41) is 6.59. The normalized spacial score (nSPS) is 10.2. The quantitative estimate of drug-likeness (QED) is 0.665. The molecule has 1 aromatic carbocycles. The van der Waals surface area contributed by atoms with Crippen molar-refractivity contribution in [3.05, 3.63) is 40.3 Å². The molecule has 100 valence electrons. The molecule has 0 saturated carbocycles. The summed E-state index contributed by atoms with van der Waals surface area (Å²) in [6, 6.07) is 4.28. The number of ether oxygens (including phenoxy) is 1. The Bertz CT molecular complexity index is 585. The Balaban J connectivity index is 2.33. The SMILES string of the molecule is CCOC(=O)c1cc(Nc2ccsc2)c(F)cc1N. The minimum Gasteiger partial charge on any atom is -0.462 e. The number of carbonyl (C=O) groups is 1. The lowest BCUT2D eigenvalue weighted by Crippen LogP contribution is -2.09. The molecule has 0 fully saturated rings. The van der Waals surface area contributed by atoms with Crippen molar-refractivity contribution in [3.8, 4) is 0 Å². The number of nitrogens with two attached hydrogens (primary N) is 1. The van der Waals surface area contributed by atoms with Crippen LogP contribution in [0.4, 0.5) is 21.5 Å². The van der Waals surface area contributed by atoms with Crippen LogP contribution in [-0.4, -0.2) is 12.6 Å². The summed E-state index contributed by atoms with van der Waals surface area (Å²) in [7, 11) is 0. The molecule has 4 nitrogen and oxygen atoms in total. The minimum atomic E-state index is -0.562. The van der Waals surface area contributed by atoms with Crippen LogP contribution in [0, 0.1) is 5.82 Å². The third-order valence-corrected chi connectivity index (χ3v) is 3.12. The van der Waals surface area contributed by atoms with Crippen LogP contribution in [0.2, 0.25) is 0 Å². The van der Waals surface area contributed by atoms with Gasteiger partial charge in [0.2, 0.25) is 0 Å². The average molecular weight is 280 g/mol. The van der Waals surface area contributed by atoms with Crippen LogP contribution in [0.15, 0.2) is 29.0 Å². The van der Waals surface area contributed by atoms with Crippen molar-refractivity contribution in [3.63, 3.8) is 0 Å². The molecule has 0 bridgehead atoms. The van der Waals surface area contributed by atoms with Crippen molar-refractivity contribution < 1.29 is 13.9 Å². The smallest absolute Gasteiger partial charge is 0.340 e. The monoisotopic (exact) mass is 280 g/mol. The fourth-order valence-electron chi connectivity index (χ4n) is 1.56. The highest BCUT2D eigenvalue weighted by Crippen LogP contribution is 2.26. The van der Waals surface area contributed by atoms with Gasteiger partial charge in [0, 0.05) is 16.8 Å². The van der Waals surface area contributed by atoms with Crippen molar-refractivity contribution in [2.45, 2.75) is 6.92 Å². The predicted octanol–water partition coefficient (Wildman–Crippen LogP) is 3.39. The number of thiophene rings is 1. The van der Waals surface area contributed by atoms with E-state index >= 15 is 0 Å². The van der Waals surface area contributed by atoms with Gasteiger partial charge in [0.1, 0.15) is 5.82 Å². The van der Waals surface area contributed by atoms with E-state index in [1.807, 2.05) is 16.8 Å². The molecule has 2 aromatic rings. The third-order valence-electron chi connectivity index (χ3n) is 2.43. The highest BCUT2D eigenvalue weighted by atomic mass is 32.1. The third kappa shape index (κ3) is 3.03. The highest BCUT2D eigenvalue weighted by Gasteiger charge is 2.15. The van der Waals surface area contributed by atoms with Gasteiger partial charge in [0.15, 0.2) is 0 Å². The molecule has 0 radical (unpaired) electrons. The molecule has 6 heteroatoms. The Morgan fingerprint density at radius 3 is 2.95 bits per heavy atom. The molecule has 0 aliphatic rings. The maximum Gasteiger partial charge on any atom is 0.340 e. The van der Waals surface area contributed by atoms with E-state index in [1.165, 1.54) is 17.4 Å². The molecule has 0 unspecified atom stereocenters. The van der Waals surface area contributed by atoms with Gasteiger partial charge >= 0.3 is 5.97 Å². The van der Waals surface area contributed by atoms with E-state index in [-0.39, 0.29) is 23.5 Å². The average Bonchev–Trinajstić information content (AvgIpc) is 2.85. The summed E-state index contributed by atoms with van der Waals surface area (Å²) >= 11 is 1.49. The molecule has 0 aliphatic carbocycles. The van der Waals surface area contributed by atoms with Gasteiger partial charge in [-0.05, 0) is 30.5 Å². The number of nitrogens with one attached hydrogen (secondary N) is 1. The maximum absolute atomic E-state index is 13.8. The van der Waals surface area contributed by atoms with Crippen LogP contribution in [0.1, 0.15) is 17.3 Å². The molecule has 19 heavy (non-hydrogen) atoms. The van der Waals surface area contributed by atoms with E-state index in [0.29, 0.717) is 0 Å². The van der Waals surface area contributed by atoms with Gasteiger partial charge in [0.25, 0.3) is 0 Å². The predicted molar refractivity (Wildman–Crippen MR) is 74.4 cm³/mol. The van der Waals surface area contributed by atoms with Gasteiger partial charge in [-0.25, -0.2) is 9.18 Å². The molecule has 1 heterocycles. The fraction of sp³-hybridized carbons (Fsp3) is 0.154. The first kappa shape index (κ1) is 13.4. The second kappa shape index (κ2) is 5.71. The van der Waals surface area contributed by atoms with Crippen LogP contribution in [0.25, 0.3) is 0 Å². The molecule has 3 N–H and O–H groups in total. The number of hydrogen-bond donors (Lipinski definition) is 2. The van der Waals surface area contributed by atoms with Crippen LogP contribution in [-0.2, 0) is 4.74 Å². The van der Waals surface area contributed by atoms with Gasteiger partial charge in [-0.1, -0.05) is 0 Å². The van der Waals surface area contributed by atoms with Gasteiger partial charge in [-0.2, -0.15) is 11.3 Å². The molecular formula is C13H13FN2O2S. The Morgan fingerprint density at radius 1 is 1.53 bits per heavy atom. The maximum atomic E-state index is 13.8. The first-order chi connectivity index (χ1) is 9.11. The van der Waals surface area contributed by atoms with Crippen molar-refractivity contribution in [1.82, 2.24) is 0 Å². The molecule has 0 saturated heterocycles. The van der Waals surface area contributed by atoms with E-state index < -0.39 is 11.8 Å². The second-order valence-corrected chi connectivity index (χ2v) is 4.56. The van der Waals surface area contributed by atoms with Gasteiger partial charge in [0.05, 0.1) is 17.9 Å². The van der Waals surface area contributed by atoms with Crippen molar-refractivity contribution in [2.75, 3.05) is 17.7 Å². The van der Waals surface area contributed by atoms with Crippen LogP contribution in [0.5, 0.6) is 0 Å². The summed E-state index contributed by atoms with van der Waals surface area (Å²) in [5.41, 5.74) is 6.79. The first-order valence-electron chi connectivity index (χ1n) is 5.67. The lowest BCUT2D eigenvalue weighted by atomic mass is 10.1. The van der Waals surface area contributed by atoms with Gasteiger partial charge in [-0.3, -0.25) is 0 Å². The number of halogens is 1. The van der Waals surface area contributed by atoms with Gasteiger partial charge < -0.3 is 15.8 Å². The highest BCUT2D eigenvalue weighted by molar-refractivity contribution is 7.08. The molecule has 0 atom stereocenters. The van der Waals surface area contributed by atoms with Crippen LogP contribution < -0.4 is 11.1 Å². The van der Waals surface area contributed by atoms with Crippen molar-refractivity contribution in [2.24, 2.45) is 0 Å². The Morgan fingerprint density at radius 2 is 2.32 bits per heavy atom. The Labute approximate surface area is 114 Å². The lowest BCUT2D eigenvalue weighted by molar-refractivity contribution is 0.0527. The zero-order chi connectivity index (χ0) is 13.8. The minimum absolute atomic E-state index is 0.0619. The Kier molecular flexibility index (Phi) is 4.01. The van der Waals surface area contributed by atoms with E-state index in [0.717, 1.165) is 11.8 Å². The van der Waals surface area contributed by atoms with E-state index in [4.69, 9.17) is 10.5 Å². The number of hydrogen-bond acceptors (Lipinski definition) is 5. The molecule has 2 rings (SSSR count). The Hall–Kier alpha value is -2.08. The zero-order valence-electron chi connectivity index (χ0n) is 10.3. The largest absolute Gasteiger partial charge is 0.462 e. The molecule has 0 spiro atoms. The number of rotatable bonds is 4. The fourth-order valence-corrected chi connectivity index (χ4v) is 2.15. The van der Waals surface area contributed by atoms with E-state index in [1.54, 1.807) is 6.92 Å². The molecule has 0 aliphatic heterocycles. The molecule has 0 amide bonds. The number of carbonyl (C=O) groups excluding carboxylic acids is 1. The van der Waals surface area contributed by atoms with Crippen LogP contribution in [0.3, 0.4) is 0 Å². The number of anilines is 3. The molecule has 1 aromatic heterocycles. The first-order valence-corrected chi connectivity index (χ1v) is 6.61. The number of nitrogen functional groups attached to an aromatic ring is 1. The summed E-state index contributed by atoms with van der Waals surface area (Å²) in [4.78, 5) is 11.7. The van der Waals surface area contributed by atoms with Crippen molar-refractivity contribution >= 4 is 34.4 Å². The summed E-state index contributed by atoms with van der Waals surface area (Å²) in [6.07, 6.45) is 0. The zero-order valence-corrected chi connectivity index (χ0v) is 11.1. The lowest BCUT2D eigenvalue weighted by Gasteiger charge is -2.10.